The lowest BCUT2D eigenvalue weighted by atomic mass is 10.0. The molecule has 0 saturated heterocycles. The van der Waals surface area contributed by atoms with Crippen LogP contribution in [0, 0.1) is 0 Å². The normalized spacial score (nSPS) is 12.7. The molecule has 1 aromatic heterocycles. The molecular formula is C19H28N8O4. The standard InChI is InChI=1S/C19H28N8O4/c20-17(29)14(6-3-7-24-19(21)22)27-18(30)15(26-16(28)10-31-23)8-11-9-25-13-5-2-1-4-12(11)13/h1-2,4-5,9,14-15,25H,3,6-8,10,23H2,(H2,20,29)(H,26,28)(H,27,30)(H4,21,22,24). The van der Waals surface area contributed by atoms with E-state index in [1.54, 1.807) is 6.20 Å². The molecule has 0 bridgehead atoms. The Morgan fingerprint density at radius 2 is 1.84 bits per heavy atom. The van der Waals surface area contributed by atoms with E-state index < -0.39 is 36.4 Å². The summed E-state index contributed by atoms with van der Waals surface area (Å²) >= 11 is 0. The Labute approximate surface area is 178 Å². The van der Waals surface area contributed by atoms with Crippen LogP contribution in [0.4, 0.5) is 0 Å². The van der Waals surface area contributed by atoms with Crippen LogP contribution in [-0.4, -0.2) is 53.9 Å². The van der Waals surface area contributed by atoms with Gasteiger partial charge in [0, 0.05) is 30.1 Å². The Kier molecular flexibility index (Phi) is 8.78. The SMILES string of the molecule is NOCC(=O)NC(Cc1c[nH]c2ccccc12)C(=O)NC(CCCN=C(N)N)C(N)=O. The van der Waals surface area contributed by atoms with E-state index in [1.165, 1.54) is 0 Å². The summed E-state index contributed by atoms with van der Waals surface area (Å²) in [5, 5.41) is 6.07. The van der Waals surface area contributed by atoms with Crippen molar-refractivity contribution < 1.29 is 19.2 Å². The second-order valence-electron chi connectivity index (χ2n) is 6.91. The minimum absolute atomic E-state index is 0.0664. The number of para-hydroxylation sites is 1. The highest BCUT2D eigenvalue weighted by Crippen LogP contribution is 2.19. The van der Waals surface area contributed by atoms with Crippen LogP contribution in [0.15, 0.2) is 35.5 Å². The molecule has 2 atom stereocenters. The van der Waals surface area contributed by atoms with Crippen LogP contribution in [0.1, 0.15) is 18.4 Å². The van der Waals surface area contributed by atoms with Gasteiger partial charge in [0.15, 0.2) is 5.96 Å². The van der Waals surface area contributed by atoms with Gasteiger partial charge >= 0.3 is 0 Å². The van der Waals surface area contributed by atoms with Crippen LogP contribution in [-0.2, 0) is 25.6 Å². The lowest BCUT2D eigenvalue weighted by Crippen LogP contribution is -2.54. The number of aromatic nitrogens is 1. The Morgan fingerprint density at radius 1 is 1.10 bits per heavy atom. The number of amides is 3. The Bertz CT molecular complexity index is 938. The third-order valence-corrected chi connectivity index (χ3v) is 4.57. The fourth-order valence-corrected chi connectivity index (χ4v) is 3.10. The van der Waals surface area contributed by atoms with Crippen molar-refractivity contribution in [3.8, 4) is 0 Å². The number of nitrogens with one attached hydrogen (secondary N) is 3. The highest BCUT2D eigenvalue weighted by atomic mass is 16.6. The molecule has 1 aromatic carbocycles. The van der Waals surface area contributed by atoms with Gasteiger partial charge < -0.3 is 32.8 Å². The summed E-state index contributed by atoms with van der Waals surface area (Å²) in [7, 11) is 0. The molecule has 11 N–H and O–H groups in total. The van der Waals surface area contributed by atoms with Crippen molar-refractivity contribution in [1.29, 1.82) is 0 Å². The number of primary amides is 1. The van der Waals surface area contributed by atoms with Crippen molar-refractivity contribution in [3.05, 3.63) is 36.0 Å². The lowest BCUT2D eigenvalue weighted by molar-refractivity contribution is -0.133. The first-order chi connectivity index (χ1) is 14.8. The number of carbonyl (C=O) groups is 3. The number of guanidine groups is 1. The Hall–Kier alpha value is -3.64. The van der Waals surface area contributed by atoms with E-state index in [-0.39, 0.29) is 25.3 Å². The molecule has 168 valence electrons. The van der Waals surface area contributed by atoms with Gasteiger partial charge in [-0.1, -0.05) is 18.2 Å². The van der Waals surface area contributed by atoms with Gasteiger partial charge in [0.05, 0.1) is 0 Å². The predicted molar refractivity (Wildman–Crippen MR) is 115 cm³/mol. The van der Waals surface area contributed by atoms with Crippen molar-refractivity contribution in [2.24, 2.45) is 28.1 Å². The molecule has 2 rings (SSSR count). The molecule has 12 heteroatoms. The molecule has 2 unspecified atom stereocenters. The van der Waals surface area contributed by atoms with E-state index in [1.807, 2.05) is 24.3 Å². The molecule has 0 fully saturated rings. The molecule has 3 amide bonds. The number of benzene rings is 1. The number of nitrogens with zero attached hydrogens (tertiary/aromatic N) is 1. The average molecular weight is 432 g/mol. The van der Waals surface area contributed by atoms with E-state index >= 15 is 0 Å². The first-order valence-electron chi connectivity index (χ1n) is 9.63. The number of nitrogens with two attached hydrogens (primary N) is 4. The molecule has 1 heterocycles. The first kappa shape index (κ1) is 23.6. The molecule has 0 aliphatic carbocycles. The maximum absolute atomic E-state index is 12.9. The largest absolute Gasteiger partial charge is 0.370 e. The summed E-state index contributed by atoms with van der Waals surface area (Å²) in [6, 6.07) is 5.62. The number of aromatic amines is 1. The fraction of sp³-hybridized carbons (Fsp3) is 0.368. The molecule has 12 nitrogen and oxygen atoms in total. The Balaban J connectivity index is 2.13. The minimum atomic E-state index is -0.985. The summed E-state index contributed by atoms with van der Waals surface area (Å²) in [6.07, 6.45) is 2.59. The van der Waals surface area contributed by atoms with Gasteiger partial charge in [-0.05, 0) is 24.5 Å². The highest BCUT2D eigenvalue weighted by molar-refractivity contribution is 5.92. The van der Waals surface area contributed by atoms with Crippen LogP contribution in [0.25, 0.3) is 10.9 Å². The third-order valence-electron chi connectivity index (χ3n) is 4.57. The summed E-state index contributed by atoms with van der Waals surface area (Å²) in [5.74, 6) is 3.03. The quantitative estimate of drug-likeness (QED) is 0.0874. The average Bonchev–Trinajstić information content (AvgIpc) is 3.12. The molecule has 2 aromatic rings. The third kappa shape index (κ3) is 7.28. The van der Waals surface area contributed by atoms with E-state index in [2.05, 4.69) is 25.4 Å². The maximum atomic E-state index is 12.9. The number of hydrogen-bond donors (Lipinski definition) is 7. The second kappa shape index (κ2) is 11.5. The smallest absolute Gasteiger partial charge is 0.248 e. The van der Waals surface area contributed by atoms with Gasteiger partial charge in [0.2, 0.25) is 17.7 Å². The molecule has 0 aliphatic heterocycles. The van der Waals surface area contributed by atoms with Crippen LogP contribution in [0.2, 0.25) is 0 Å². The van der Waals surface area contributed by atoms with E-state index in [0.29, 0.717) is 6.42 Å². The number of carbonyl (C=O) groups excluding carboxylic acids is 3. The number of aliphatic imine (C=N–C) groups is 1. The van der Waals surface area contributed by atoms with Gasteiger partial charge in [-0.15, -0.1) is 0 Å². The monoisotopic (exact) mass is 432 g/mol. The first-order valence-corrected chi connectivity index (χ1v) is 9.63. The highest BCUT2D eigenvalue weighted by Gasteiger charge is 2.26. The van der Waals surface area contributed by atoms with Crippen molar-refractivity contribution in [1.82, 2.24) is 15.6 Å². The summed E-state index contributed by atoms with van der Waals surface area (Å²) in [4.78, 5) is 48.0. The zero-order valence-electron chi connectivity index (χ0n) is 17.0. The second-order valence-corrected chi connectivity index (χ2v) is 6.91. The molecular weight excluding hydrogens is 404 g/mol. The molecule has 0 radical (unpaired) electrons. The number of fused-ring (bicyclic) bond motifs is 1. The minimum Gasteiger partial charge on any atom is -0.370 e. The topological polar surface area (TPSA) is 217 Å². The summed E-state index contributed by atoms with van der Waals surface area (Å²) in [5.41, 5.74) is 17.7. The van der Waals surface area contributed by atoms with Gasteiger partial charge in [-0.2, -0.15) is 0 Å². The number of hydrogen-bond acceptors (Lipinski definition) is 6. The number of rotatable bonds is 12. The van der Waals surface area contributed by atoms with E-state index in [0.717, 1.165) is 16.5 Å². The summed E-state index contributed by atoms with van der Waals surface area (Å²) < 4.78 is 0. The Morgan fingerprint density at radius 3 is 2.52 bits per heavy atom. The zero-order chi connectivity index (χ0) is 22.8. The van der Waals surface area contributed by atoms with Crippen LogP contribution < -0.4 is 33.7 Å². The molecule has 0 saturated carbocycles. The zero-order valence-corrected chi connectivity index (χ0v) is 17.0. The predicted octanol–water partition coefficient (Wildman–Crippen LogP) is -1.89. The van der Waals surface area contributed by atoms with Crippen molar-refractivity contribution in [3.63, 3.8) is 0 Å². The van der Waals surface area contributed by atoms with Crippen molar-refractivity contribution in [2.45, 2.75) is 31.3 Å². The summed E-state index contributed by atoms with van der Waals surface area (Å²) in [6.45, 7) is -0.138. The number of H-pyrrole nitrogens is 1. The van der Waals surface area contributed by atoms with Crippen molar-refractivity contribution in [2.75, 3.05) is 13.2 Å². The van der Waals surface area contributed by atoms with Crippen molar-refractivity contribution >= 4 is 34.6 Å². The fourth-order valence-electron chi connectivity index (χ4n) is 3.10. The molecule has 0 spiro atoms. The van der Waals surface area contributed by atoms with Gasteiger partial charge in [-0.25, -0.2) is 5.90 Å². The lowest BCUT2D eigenvalue weighted by Gasteiger charge is -2.22. The van der Waals surface area contributed by atoms with Crippen LogP contribution in [0.3, 0.4) is 0 Å². The molecule has 0 aliphatic rings. The van der Waals surface area contributed by atoms with Crippen LogP contribution >= 0.6 is 0 Å². The maximum Gasteiger partial charge on any atom is 0.248 e. The van der Waals surface area contributed by atoms with Gasteiger partial charge in [0.25, 0.3) is 0 Å². The van der Waals surface area contributed by atoms with E-state index in [4.69, 9.17) is 23.1 Å². The van der Waals surface area contributed by atoms with E-state index in [9.17, 15) is 14.4 Å². The van der Waals surface area contributed by atoms with Gasteiger partial charge in [0.1, 0.15) is 18.7 Å². The van der Waals surface area contributed by atoms with Gasteiger partial charge in [-0.3, -0.25) is 24.2 Å². The van der Waals surface area contributed by atoms with Crippen LogP contribution in [0.5, 0.6) is 0 Å². The molecule has 31 heavy (non-hydrogen) atoms.